The van der Waals surface area contributed by atoms with Gasteiger partial charge in [0.05, 0.1) is 5.92 Å². The molecule has 0 N–H and O–H groups in total. The Morgan fingerprint density at radius 2 is 1.96 bits per heavy atom. The van der Waals surface area contributed by atoms with Gasteiger partial charge in [0.15, 0.2) is 5.76 Å². The Bertz CT molecular complexity index is 994. The van der Waals surface area contributed by atoms with E-state index < -0.39 is 0 Å². The van der Waals surface area contributed by atoms with E-state index >= 15 is 0 Å². The molecule has 5 rings (SSSR count). The van der Waals surface area contributed by atoms with Crippen LogP contribution in [0, 0.1) is 0 Å². The van der Waals surface area contributed by atoms with Gasteiger partial charge in [0.25, 0.3) is 0 Å². The quantitative estimate of drug-likeness (QED) is 0.559. The Balaban J connectivity index is 1.39. The van der Waals surface area contributed by atoms with Gasteiger partial charge < -0.3 is 13.8 Å². The lowest BCUT2D eigenvalue weighted by molar-refractivity contribution is 0.332. The summed E-state index contributed by atoms with van der Waals surface area (Å²) in [5.74, 6) is 2.66. The molecule has 130 valence electrons. The predicted octanol–water partition coefficient (Wildman–Crippen LogP) is 3.66. The fraction of sp³-hybridized carbons (Fsp3) is 0.263. The second-order valence-corrected chi connectivity index (χ2v) is 6.44. The first-order valence-corrected chi connectivity index (χ1v) is 8.71. The van der Waals surface area contributed by atoms with Crippen LogP contribution in [-0.2, 0) is 0 Å². The first kappa shape index (κ1) is 15.1. The molecule has 0 radical (unpaired) electrons. The number of anilines is 1. The molecule has 1 aromatic carbocycles. The normalized spacial score (nSPS) is 17.7. The van der Waals surface area contributed by atoms with Gasteiger partial charge in [-0.1, -0.05) is 23.4 Å². The number of nitrogens with zero attached hydrogens (tertiary/aromatic N) is 5. The molecule has 1 fully saturated rings. The van der Waals surface area contributed by atoms with Gasteiger partial charge in [-0.15, -0.1) is 0 Å². The van der Waals surface area contributed by atoms with E-state index in [1.807, 2.05) is 36.4 Å². The van der Waals surface area contributed by atoms with Crippen LogP contribution in [0.2, 0.25) is 0 Å². The molecule has 4 aromatic rings. The first-order valence-electron chi connectivity index (χ1n) is 8.71. The molecular weight excluding hydrogens is 330 g/mol. The third-order valence-corrected chi connectivity index (χ3v) is 4.69. The molecule has 1 atom stereocenters. The van der Waals surface area contributed by atoms with Gasteiger partial charge in [0.2, 0.25) is 17.7 Å². The van der Waals surface area contributed by atoms with Gasteiger partial charge in [-0.2, -0.15) is 4.98 Å². The molecule has 0 amide bonds. The third kappa shape index (κ3) is 2.71. The van der Waals surface area contributed by atoms with E-state index in [1.54, 1.807) is 12.4 Å². The van der Waals surface area contributed by atoms with Crippen LogP contribution in [-0.4, -0.2) is 33.2 Å². The highest BCUT2D eigenvalue weighted by atomic mass is 16.5. The van der Waals surface area contributed by atoms with Crippen molar-refractivity contribution in [2.24, 2.45) is 0 Å². The number of rotatable bonds is 3. The fourth-order valence-corrected chi connectivity index (χ4v) is 3.41. The van der Waals surface area contributed by atoms with Crippen LogP contribution >= 0.6 is 0 Å². The van der Waals surface area contributed by atoms with Crippen molar-refractivity contribution >= 4 is 16.9 Å². The van der Waals surface area contributed by atoms with Crippen molar-refractivity contribution < 1.29 is 8.94 Å². The third-order valence-electron chi connectivity index (χ3n) is 4.69. The molecule has 1 aliphatic heterocycles. The monoisotopic (exact) mass is 347 g/mol. The lowest BCUT2D eigenvalue weighted by atomic mass is 9.98. The van der Waals surface area contributed by atoms with Crippen molar-refractivity contribution in [3.63, 3.8) is 0 Å². The molecule has 0 spiro atoms. The lowest BCUT2D eigenvalue weighted by Gasteiger charge is -2.30. The summed E-state index contributed by atoms with van der Waals surface area (Å²) in [6, 6.07) is 11.6. The first-order chi connectivity index (χ1) is 12.9. The van der Waals surface area contributed by atoms with Gasteiger partial charge in [-0.3, -0.25) is 0 Å². The van der Waals surface area contributed by atoms with Gasteiger partial charge in [-0.25, -0.2) is 9.97 Å². The maximum atomic E-state index is 5.83. The summed E-state index contributed by atoms with van der Waals surface area (Å²) in [6.07, 6.45) is 5.56. The predicted molar refractivity (Wildman–Crippen MR) is 95.7 cm³/mol. The molecule has 0 aliphatic carbocycles. The van der Waals surface area contributed by atoms with Crippen LogP contribution in [0.4, 0.5) is 5.95 Å². The zero-order chi connectivity index (χ0) is 17.3. The van der Waals surface area contributed by atoms with E-state index in [0.29, 0.717) is 17.5 Å². The number of piperidine rings is 1. The summed E-state index contributed by atoms with van der Waals surface area (Å²) < 4.78 is 11.4. The van der Waals surface area contributed by atoms with Crippen LogP contribution < -0.4 is 4.90 Å². The second kappa shape index (κ2) is 6.25. The Morgan fingerprint density at radius 1 is 1.08 bits per heavy atom. The molecule has 4 heterocycles. The summed E-state index contributed by atoms with van der Waals surface area (Å²) in [7, 11) is 0. The number of aromatic nitrogens is 4. The molecule has 0 saturated carbocycles. The van der Waals surface area contributed by atoms with Crippen LogP contribution in [0.15, 0.2) is 57.7 Å². The van der Waals surface area contributed by atoms with E-state index in [1.165, 1.54) is 0 Å². The Morgan fingerprint density at radius 3 is 2.85 bits per heavy atom. The number of hydrogen-bond acceptors (Lipinski definition) is 7. The van der Waals surface area contributed by atoms with Gasteiger partial charge in [-0.05, 0) is 31.0 Å². The molecule has 0 bridgehead atoms. The maximum absolute atomic E-state index is 5.83. The highest BCUT2D eigenvalue weighted by Gasteiger charge is 2.28. The van der Waals surface area contributed by atoms with Crippen molar-refractivity contribution in [2.75, 3.05) is 18.0 Å². The summed E-state index contributed by atoms with van der Waals surface area (Å²) in [4.78, 5) is 15.4. The number of para-hydroxylation sites is 1. The van der Waals surface area contributed by atoms with Gasteiger partial charge in [0, 0.05) is 30.9 Å². The van der Waals surface area contributed by atoms with E-state index in [4.69, 9.17) is 8.94 Å². The summed E-state index contributed by atoms with van der Waals surface area (Å²) in [5.41, 5.74) is 0.818. The Hall–Kier alpha value is -3.22. The van der Waals surface area contributed by atoms with Crippen molar-refractivity contribution in [1.29, 1.82) is 0 Å². The smallest absolute Gasteiger partial charge is 0.238 e. The van der Waals surface area contributed by atoms with Crippen LogP contribution in [0.3, 0.4) is 0 Å². The van der Waals surface area contributed by atoms with Gasteiger partial charge in [0.1, 0.15) is 5.58 Å². The Labute approximate surface area is 149 Å². The zero-order valence-corrected chi connectivity index (χ0v) is 14.1. The second-order valence-electron chi connectivity index (χ2n) is 6.44. The van der Waals surface area contributed by atoms with Crippen molar-refractivity contribution in [3.05, 3.63) is 54.7 Å². The summed E-state index contributed by atoms with van der Waals surface area (Å²) >= 11 is 0. The minimum Gasteiger partial charge on any atom is -0.453 e. The largest absolute Gasteiger partial charge is 0.453 e. The fourth-order valence-electron chi connectivity index (χ4n) is 3.41. The van der Waals surface area contributed by atoms with Crippen LogP contribution in [0.5, 0.6) is 0 Å². The molecular formula is C19H17N5O2. The SMILES string of the molecule is c1cnc(N2CCCC(c3nc(-c4cc5ccccc5o4)no3)C2)nc1. The summed E-state index contributed by atoms with van der Waals surface area (Å²) in [6.45, 7) is 1.71. The highest BCUT2D eigenvalue weighted by molar-refractivity contribution is 5.81. The molecule has 1 unspecified atom stereocenters. The molecule has 1 saturated heterocycles. The van der Waals surface area contributed by atoms with E-state index in [9.17, 15) is 0 Å². The highest BCUT2D eigenvalue weighted by Crippen LogP contribution is 2.30. The van der Waals surface area contributed by atoms with Crippen LogP contribution in [0.25, 0.3) is 22.6 Å². The molecule has 3 aromatic heterocycles. The summed E-state index contributed by atoms with van der Waals surface area (Å²) in [5, 5.41) is 5.15. The maximum Gasteiger partial charge on any atom is 0.238 e. The standard InChI is InChI=1S/C19H17N5O2/c1-2-7-15-13(5-1)11-16(25-15)17-22-18(26-23-17)14-6-3-10-24(12-14)19-20-8-4-9-21-19/h1-2,4-5,7-9,11,14H,3,6,10,12H2. The molecule has 1 aliphatic rings. The average molecular weight is 347 g/mol. The topological polar surface area (TPSA) is 81.1 Å². The average Bonchev–Trinajstić information content (AvgIpc) is 3.36. The Kier molecular flexibility index (Phi) is 3.62. The van der Waals surface area contributed by atoms with Crippen molar-refractivity contribution in [2.45, 2.75) is 18.8 Å². The van der Waals surface area contributed by atoms with Gasteiger partial charge >= 0.3 is 0 Å². The molecule has 7 nitrogen and oxygen atoms in total. The van der Waals surface area contributed by atoms with Crippen LogP contribution in [0.1, 0.15) is 24.7 Å². The molecule has 7 heteroatoms. The minimum absolute atomic E-state index is 0.165. The molecule has 26 heavy (non-hydrogen) atoms. The van der Waals surface area contributed by atoms with E-state index in [2.05, 4.69) is 25.0 Å². The van der Waals surface area contributed by atoms with Crippen molar-refractivity contribution in [1.82, 2.24) is 20.1 Å². The van der Waals surface area contributed by atoms with E-state index in [0.717, 1.165) is 42.8 Å². The minimum atomic E-state index is 0.165. The number of fused-ring (bicyclic) bond motifs is 1. The van der Waals surface area contributed by atoms with Crippen molar-refractivity contribution in [3.8, 4) is 11.6 Å². The number of furan rings is 1. The number of hydrogen-bond donors (Lipinski definition) is 0. The zero-order valence-electron chi connectivity index (χ0n) is 14.1. The lowest BCUT2D eigenvalue weighted by Crippen LogP contribution is -2.35. The number of benzene rings is 1. The van der Waals surface area contributed by atoms with E-state index in [-0.39, 0.29) is 5.92 Å².